The van der Waals surface area contributed by atoms with Crippen LogP contribution in [0.4, 0.5) is 0 Å². The molecule has 0 fully saturated rings. The van der Waals surface area contributed by atoms with E-state index in [2.05, 4.69) is 5.32 Å². The number of hydrogen-bond acceptors (Lipinski definition) is 2. The number of aryl methyl sites for hydroxylation is 1. The van der Waals surface area contributed by atoms with Gasteiger partial charge in [-0.1, -0.05) is 50.2 Å². The Kier molecular flexibility index (Phi) is 4.35. The van der Waals surface area contributed by atoms with Crippen LogP contribution in [0.3, 0.4) is 0 Å². The molecule has 0 saturated carbocycles. The number of imide groups is 1. The molecule has 1 aliphatic rings. The van der Waals surface area contributed by atoms with Crippen molar-refractivity contribution in [3.63, 3.8) is 0 Å². The zero-order valence-electron chi connectivity index (χ0n) is 16.1. The highest BCUT2D eigenvalue weighted by molar-refractivity contribution is 6.47. The summed E-state index contributed by atoms with van der Waals surface area (Å²) in [6, 6.07) is 17.6. The lowest BCUT2D eigenvalue weighted by atomic mass is 10.0. The summed E-state index contributed by atoms with van der Waals surface area (Å²) in [5, 5.41) is 4.43. The highest BCUT2D eigenvalue weighted by Gasteiger charge is 2.34. The van der Waals surface area contributed by atoms with Crippen molar-refractivity contribution in [2.45, 2.75) is 13.8 Å². The molecule has 1 aliphatic heterocycles. The SMILES string of the molecule is CC.Cn1cc(C2=C(n3ccc4ccccc43)C(=O)NC2=O)c2ccccc21. The maximum Gasteiger partial charge on any atom is 0.275 e. The Morgan fingerprint density at radius 2 is 1.50 bits per heavy atom. The molecule has 3 heterocycles. The first-order valence-electron chi connectivity index (χ1n) is 9.36. The Balaban J connectivity index is 0.000000932. The Morgan fingerprint density at radius 3 is 2.29 bits per heavy atom. The number of benzene rings is 2. The first-order chi connectivity index (χ1) is 13.6. The van der Waals surface area contributed by atoms with Gasteiger partial charge in [0.15, 0.2) is 0 Å². The van der Waals surface area contributed by atoms with Crippen molar-refractivity contribution in [1.29, 1.82) is 0 Å². The van der Waals surface area contributed by atoms with Crippen LogP contribution >= 0.6 is 0 Å². The number of nitrogens with zero attached hydrogens (tertiary/aromatic N) is 2. The van der Waals surface area contributed by atoms with Crippen molar-refractivity contribution < 1.29 is 9.59 Å². The molecule has 5 rings (SSSR count). The van der Waals surface area contributed by atoms with E-state index >= 15 is 0 Å². The van der Waals surface area contributed by atoms with E-state index in [-0.39, 0.29) is 11.8 Å². The van der Waals surface area contributed by atoms with Gasteiger partial charge >= 0.3 is 0 Å². The number of nitrogens with one attached hydrogen (secondary N) is 1. The van der Waals surface area contributed by atoms with Gasteiger partial charge in [-0.3, -0.25) is 14.9 Å². The lowest BCUT2D eigenvalue weighted by molar-refractivity contribution is -0.122. The number of carbonyl (C=O) groups excluding carboxylic acids is 2. The van der Waals surface area contributed by atoms with E-state index in [9.17, 15) is 9.59 Å². The summed E-state index contributed by atoms with van der Waals surface area (Å²) in [5.41, 5.74) is 3.45. The average molecular weight is 371 g/mol. The Hall–Kier alpha value is -3.60. The highest BCUT2D eigenvalue weighted by atomic mass is 16.2. The Morgan fingerprint density at radius 1 is 0.821 bits per heavy atom. The Labute approximate surface area is 162 Å². The third-order valence-electron chi connectivity index (χ3n) is 4.91. The van der Waals surface area contributed by atoms with Crippen molar-refractivity contribution >= 4 is 44.9 Å². The first kappa shape index (κ1) is 17.8. The van der Waals surface area contributed by atoms with E-state index in [4.69, 9.17) is 0 Å². The van der Waals surface area contributed by atoms with Crippen molar-refractivity contribution in [2.75, 3.05) is 0 Å². The number of hydrogen-bond donors (Lipinski definition) is 1. The van der Waals surface area contributed by atoms with E-state index in [1.807, 2.05) is 92.5 Å². The molecule has 0 saturated heterocycles. The van der Waals surface area contributed by atoms with Gasteiger partial charge in [0.05, 0.1) is 11.1 Å². The summed E-state index contributed by atoms with van der Waals surface area (Å²) in [6.07, 6.45) is 3.74. The predicted molar refractivity (Wildman–Crippen MR) is 112 cm³/mol. The highest BCUT2D eigenvalue weighted by Crippen LogP contribution is 2.34. The zero-order valence-corrected chi connectivity index (χ0v) is 16.1. The molecule has 5 nitrogen and oxygen atoms in total. The van der Waals surface area contributed by atoms with Crippen LogP contribution in [0.2, 0.25) is 0 Å². The lowest BCUT2D eigenvalue weighted by Gasteiger charge is -2.07. The summed E-state index contributed by atoms with van der Waals surface area (Å²) in [7, 11) is 1.94. The van der Waals surface area contributed by atoms with Crippen LogP contribution in [0.25, 0.3) is 33.1 Å². The second-order valence-corrected chi connectivity index (χ2v) is 6.42. The Bertz CT molecular complexity index is 1260. The van der Waals surface area contributed by atoms with E-state index < -0.39 is 0 Å². The number of aromatic nitrogens is 2. The monoisotopic (exact) mass is 371 g/mol. The van der Waals surface area contributed by atoms with Crippen LogP contribution in [-0.4, -0.2) is 20.9 Å². The fourth-order valence-electron chi connectivity index (χ4n) is 3.74. The third kappa shape index (κ3) is 2.55. The van der Waals surface area contributed by atoms with Gasteiger partial charge in [-0.2, -0.15) is 0 Å². The van der Waals surface area contributed by atoms with Gasteiger partial charge in [-0.05, 0) is 23.6 Å². The largest absolute Gasteiger partial charge is 0.350 e. The maximum atomic E-state index is 12.7. The van der Waals surface area contributed by atoms with Crippen LogP contribution in [0, 0.1) is 0 Å². The van der Waals surface area contributed by atoms with Gasteiger partial charge in [0.25, 0.3) is 11.8 Å². The molecule has 0 bridgehead atoms. The van der Waals surface area contributed by atoms with Crippen LogP contribution in [0.5, 0.6) is 0 Å². The molecular weight excluding hydrogens is 350 g/mol. The average Bonchev–Trinajstić information content (AvgIpc) is 3.37. The van der Waals surface area contributed by atoms with Crippen molar-refractivity contribution in [3.05, 3.63) is 72.6 Å². The smallest absolute Gasteiger partial charge is 0.275 e. The minimum Gasteiger partial charge on any atom is -0.350 e. The molecule has 0 spiro atoms. The molecule has 0 unspecified atom stereocenters. The van der Waals surface area contributed by atoms with Crippen LogP contribution < -0.4 is 5.32 Å². The van der Waals surface area contributed by atoms with Gasteiger partial charge in [-0.15, -0.1) is 0 Å². The molecule has 0 aliphatic carbocycles. The number of amides is 2. The number of para-hydroxylation sites is 2. The molecule has 2 amide bonds. The van der Waals surface area contributed by atoms with Crippen molar-refractivity contribution in [3.8, 4) is 0 Å². The van der Waals surface area contributed by atoms with Crippen LogP contribution in [-0.2, 0) is 16.6 Å². The fraction of sp³-hybridized carbons (Fsp3) is 0.130. The first-order valence-corrected chi connectivity index (χ1v) is 9.36. The molecule has 2 aromatic heterocycles. The summed E-state index contributed by atoms with van der Waals surface area (Å²) in [5.74, 6) is -0.738. The maximum absolute atomic E-state index is 12.7. The molecule has 1 N–H and O–H groups in total. The quantitative estimate of drug-likeness (QED) is 0.537. The normalized spacial score (nSPS) is 13.8. The standard InChI is InChI=1S/C21H15N3O2.C2H6/c1-23-12-15(14-7-3-5-9-17(14)23)18-19(21(26)22-20(18)25)24-11-10-13-6-2-4-8-16(13)24;1-2/h2-12H,1H3,(H,22,25,26);1-2H3. The van der Waals surface area contributed by atoms with Gasteiger partial charge in [0, 0.05) is 35.9 Å². The topological polar surface area (TPSA) is 56.0 Å². The number of rotatable bonds is 2. The summed E-state index contributed by atoms with van der Waals surface area (Å²) >= 11 is 0. The minimum absolute atomic E-state index is 0.362. The number of carbonyl (C=O) groups is 2. The van der Waals surface area contributed by atoms with Crippen molar-refractivity contribution in [2.24, 2.45) is 7.05 Å². The molecule has 5 heteroatoms. The van der Waals surface area contributed by atoms with E-state index in [0.29, 0.717) is 11.3 Å². The van der Waals surface area contributed by atoms with Gasteiger partial charge in [0.2, 0.25) is 0 Å². The zero-order chi connectivity index (χ0) is 19.8. The van der Waals surface area contributed by atoms with Gasteiger partial charge in [-0.25, -0.2) is 0 Å². The molecule has 28 heavy (non-hydrogen) atoms. The summed E-state index contributed by atoms with van der Waals surface area (Å²) < 4.78 is 3.77. The molecular formula is C23H21N3O2. The minimum atomic E-state index is -0.376. The summed E-state index contributed by atoms with van der Waals surface area (Å²) in [6.45, 7) is 4.00. The second kappa shape index (κ2) is 6.85. The lowest BCUT2D eigenvalue weighted by Crippen LogP contribution is -2.23. The molecule has 4 aromatic rings. The van der Waals surface area contributed by atoms with Gasteiger partial charge in [0.1, 0.15) is 5.70 Å². The molecule has 140 valence electrons. The van der Waals surface area contributed by atoms with Crippen LogP contribution in [0.1, 0.15) is 19.4 Å². The third-order valence-corrected chi connectivity index (χ3v) is 4.91. The van der Waals surface area contributed by atoms with Crippen LogP contribution in [0.15, 0.2) is 67.0 Å². The summed E-state index contributed by atoms with van der Waals surface area (Å²) in [4.78, 5) is 25.3. The fourth-order valence-corrected chi connectivity index (χ4v) is 3.74. The molecule has 0 radical (unpaired) electrons. The molecule has 0 atom stereocenters. The molecule has 2 aromatic carbocycles. The van der Waals surface area contributed by atoms with E-state index in [1.54, 1.807) is 4.57 Å². The van der Waals surface area contributed by atoms with Gasteiger partial charge < -0.3 is 9.13 Å². The predicted octanol–water partition coefficient (Wildman–Crippen LogP) is 4.18. The van der Waals surface area contributed by atoms with E-state index in [1.165, 1.54) is 0 Å². The number of fused-ring (bicyclic) bond motifs is 2. The second-order valence-electron chi connectivity index (χ2n) is 6.42. The van der Waals surface area contributed by atoms with Crippen molar-refractivity contribution in [1.82, 2.24) is 14.5 Å². The van der Waals surface area contributed by atoms with E-state index in [0.717, 1.165) is 27.4 Å².